The summed E-state index contributed by atoms with van der Waals surface area (Å²) in [4.78, 5) is 23.0. The summed E-state index contributed by atoms with van der Waals surface area (Å²) in [6, 6.07) is 2.25. The normalized spacial score (nSPS) is 23.3. The van der Waals surface area contributed by atoms with Gasteiger partial charge in [-0.3, -0.25) is 4.79 Å². The molecule has 0 spiro atoms. The van der Waals surface area contributed by atoms with Gasteiger partial charge in [-0.2, -0.15) is 0 Å². The van der Waals surface area contributed by atoms with E-state index in [4.69, 9.17) is 5.73 Å². The van der Waals surface area contributed by atoms with E-state index >= 15 is 0 Å². The molecule has 25 heavy (non-hydrogen) atoms. The van der Waals surface area contributed by atoms with Crippen molar-refractivity contribution in [3.05, 3.63) is 35.1 Å². The molecule has 132 valence electrons. The molecule has 6 nitrogen and oxygen atoms in total. The first kappa shape index (κ1) is 16.5. The number of fused-ring (bicyclic) bond motifs is 1. The van der Waals surface area contributed by atoms with Gasteiger partial charge in [0.15, 0.2) is 0 Å². The van der Waals surface area contributed by atoms with Gasteiger partial charge in [-0.15, -0.1) is 11.8 Å². The van der Waals surface area contributed by atoms with E-state index in [1.807, 2.05) is 18.5 Å². The number of anilines is 1. The summed E-state index contributed by atoms with van der Waals surface area (Å²) in [6.45, 7) is 3.62. The molecule has 2 atom stereocenters. The van der Waals surface area contributed by atoms with Crippen LogP contribution in [0.1, 0.15) is 18.4 Å². The summed E-state index contributed by atoms with van der Waals surface area (Å²) in [6.07, 6.45) is 7.92. The average Bonchev–Trinajstić information content (AvgIpc) is 3.02. The minimum absolute atomic E-state index is 0.00453. The molecule has 1 aliphatic heterocycles. The average molecular weight is 357 g/mol. The molecule has 2 aliphatic rings. The van der Waals surface area contributed by atoms with Gasteiger partial charge in [-0.1, -0.05) is 0 Å². The van der Waals surface area contributed by atoms with E-state index < -0.39 is 0 Å². The maximum atomic E-state index is 12.5. The van der Waals surface area contributed by atoms with Crippen molar-refractivity contribution < 1.29 is 4.79 Å². The number of amides is 1. The lowest BCUT2D eigenvalue weighted by Crippen LogP contribution is -2.46. The molecule has 1 saturated carbocycles. The highest BCUT2D eigenvalue weighted by Gasteiger charge is 2.28. The van der Waals surface area contributed by atoms with Gasteiger partial charge < -0.3 is 20.9 Å². The number of carbonyl (C=O) groups is 1. The van der Waals surface area contributed by atoms with Gasteiger partial charge >= 0.3 is 0 Å². The van der Waals surface area contributed by atoms with Crippen molar-refractivity contribution in [2.45, 2.75) is 25.8 Å². The molecule has 4 rings (SSSR count). The van der Waals surface area contributed by atoms with Crippen LogP contribution >= 0.6 is 11.8 Å². The van der Waals surface area contributed by atoms with E-state index in [9.17, 15) is 4.79 Å². The first-order chi connectivity index (χ1) is 12.1. The number of thioether (sulfide) groups is 1. The van der Waals surface area contributed by atoms with Gasteiger partial charge in [0.25, 0.3) is 5.91 Å². The van der Waals surface area contributed by atoms with Crippen LogP contribution in [0.2, 0.25) is 0 Å². The van der Waals surface area contributed by atoms with Crippen LogP contribution < -0.4 is 16.0 Å². The second-order valence-corrected chi connectivity index (χ2v) is 7.91. The van der Waals surface area contributed by atoms with Gasteiger partial charge in [0.05, 0.1) is 10.6 Å². The van der Waals surface area contributed by atoms with Crippen molar-refractivity contribution in [1.82, 2.24) is 15.3 Å². The summed E-state index contributed by atoms with van der Waals surface area (Å²) in [5, 5.41) is 4.16. The van der Waals surface area contributed by atoms with E-state index in [2.05, 4.69) is 27.1 Å². The number of aromatic nitrogens is 2. The van der Waals surface area contributed by atoms with Crippen LogP contribution in [0.15, 0.2) is 29.6 Å². The second kappa shape index (κ2) is 6.72. The van der Waals surface area contributed by atoms with Crippen molar-refractivity contribution in [1.29, 1.82) is 0 Å². The van der Waals surface area contributed by atoms with E-state index in [0.717, 1.165) is 52.3 Å². The van der Waals surface area contributed by atoms with Gasteiger partial charge in [-0.05, 0) is 37.3 Å². The number of aromatic amines is 1. The van der Waals surface area contributed by atoms with Gasteiger partial charge in [0.1, 0.15) is 5.65 Å². The van der Waals surface area contributed by atoms with Crippen molar-refractivity contribution in [3.8, 4) is 0 Å². The maximum absolute atomic E-state index is 12.5. The molecule has 4 N–H and O–H groups in total. The molecule has 0 unspecified atom stereocenters. The standard InChI is InChI=1S/C18H23N5OS/c1-11-8-21-17-16(11)14(4-5-20-17)23-6-7-25-15(10-23)18(24)22-9-12-2-3-13(12)19/h4-5,8,10,12-13H,2-3,6-7,9,19H2,1H3,(H,20,21)(H,22,24)/t12-,13+/m0/s1. The van der Waals surface area contributed by atoms with Crippen molar-refractivity contribution in [3.63, 3.8) is 0 Å². The topological polar surface area (TPSA) is 87.0 Å². The van der Waals surface area contributed by atoms with Crippen LogP contribution in [0.3, 0.4) is 0 Å². The molecular weight excluding hydrogens is 334 g/mol. The molecular formula is C18H23N5OS. The minimum atomic E-state index is 0.00453. The first-order valence-corrected chi connectivity index (χ1v) is 9.70. The smallest absolute Gasteiger partial charge is 0.259 e. The third-order valence-electron chi connectivity index (χ3n) is 5.15. The van der Waals surface area contributed by atoms with Crippen LogP contribution in [0.5, 0.6) is 0 Å². The molecule has 7 heteroatoms. The molecule has 1 amide bonds. The Bertz CT molecular complexity index is 830. The Labute approximate surface area is 151 Å². The maximum Gasteiger partial charge on any atom is 0.259 e. The second-order valence-electron chi connectivity index (χ2n) is 6.77. The lowest BCUT2D eigenvalue weighted by Gasteiger charge is -2.33. The largest absolute Gasteiger partial charge is 0.351 e. The van der Waals surface area contributed by atoms with Crippen molar-refractivity contribution >= 4 is 34.4 Å². The number of nitrogens with one attached hydrogen (secondary N) is 2. The lowest BCUT2D eigenvalue weighted by atomic mass is 9.80. The van der Waals surface area contributed by atoms with Crippen LogP contribution in [-0.2, 0) is 4.79 Å². The zero-order chi connectivity index (χ0) is 17.4. The van der Waals surface area contributed by atoms with Crippen LogP contribution in [0.4, 0.5) is 5.69 Å². The SMILES string of the molecule is Cc1c[nH]c2nccc(N3C=C(C(=O)NC[C@@H]4CC[C@H]4N)SCC3)c12. The number of nitrogens with two attached hydrogens (primary N) is 1. The highest BCUT2D eigenvalue weighted by Crippen LogP contribution is 2.32. The van der Waals surface area contributed by atoms with Crippen molar-refractivity contribution in [2.75, 3.05) is 23.7 Å². The molecule has 2 aromatic heterocycles. The summed E-state index contributed by atoms with van der Waals surface area (Å²) in [7, 11) is 0. The number of H-pyrrole nitrogens is 1. The van der Waals surface area contributed by atoms with Crippen molar-refractivity contribution in [2.24, 2.45) is 11.7 Å². The Morgan fingerprint density at radius 3 is 3.16 bits per heavy atom. The molecule has 3 heterocycles. The van der Waals surface area contributed by atoms with Gasteiger partial charge in [-0.25, -0.2) is 4.98 Å². The number of nitrogens with zero attached hydrogens (tertiary/aromatic N) is 2. The number of carbonyl (C=O) groups excluding carboxylic acids is 1. The molecule has 2 aromatic rings. The summed E-state index contributed by atoms with van der Waals surface area (Å²) in [5.74, 6) is 1.32. The molecule has 0 bridgehead atoms. The predicted octanol–water partition coefficient (Wildman–Crippen LogP) is 2.12. The molecule has 1 fully saturated rings. The Morgan fingerprint density at radius 1 is 1.52 bits per heavy atom. The molecule has 0 radical (unpaired) electrons. The van der Waals surface area contributed by atoms with E-state index in [-0.39, 0.29) is 11.9 Å². The number of aryl methyl sites for hydroxylation is 1. The van der Waals surface area contributed by atoms with Crippen LogP contribution in [0.25, 0.3) is 11.0 Å². The highest BCUT2D eigenvalue weighted by atomic mass is 32.2. The Kier molecular flexibility index (Phi) is 4.43. The summed E-state index contributed by atoms with van der Waals surface area (Å²) >= 11 is 1.61. The Balaban J connectivity index is 1.53. The van der Waals surface area contributed by atoms with E-state index in [1.165, 1.54) is 0 Å². The number of rotatable bonds is 4. The Morgan fingerprint density at radius 2 is 2.40 bits per heavy atom. The molecule has 1 aliphatic carbocycles. The fourth-order valence-corrected chi connectivity index (χ4v) is 4.32. The summed E-state index contributed by atoms with van der Waals surface area (Å²) in [5.41, 5.74) is 9.09. The fourth-order valence-electron chi connectivity index (χ4n) is 3.41. The number of hydrogen-bond acceptors (Lipinski definition) is 5. The first-order valence-electron chi connectivity index (χ1n) is 8.71. The highest BCUT2D eigenvalue weighted by molar-refractivity contribution is 8.04. The van der Waals surface area contributed by atoms with E-state index in [1.54, 1.807) is 18.0 Å². The third kappa shape index (κ3) is 3.14. The fraction of sp³-hybridized carbons (Fsp3) is 0.444. The molecule has 0 saturated heterocycles. The van der Waals surface area contributed by atoms with Crippen LogP contribution in [-0.4, -0.2) is 40.8 Å². The Hall–Kier alpha value is -1.99. The summed E-state index contributed by atoms with van der Waals surface area (Å²) < 4.78 is 0. The van der Waals surface area contributed by atoms with Gasteiger partial charge in [0, 0.05) is 48.9 Å². The monoisotopic (exact) mass is 357 g/mol. The van der Waals surface area contributed by atoms with E-state index in [0.29, 0.717) is 12.5 Å². The third-order valence-corrected chi connectivity index (χ3v) is 6.13. The predicted molar refractivity (Wildman–Crippen MR) is 102 cm³/mol. The number of hydrogen-bond donors (Lipinski definition) is 3. The minimum Gasteiger partial charge on any atom is -0.351 e. The van der Waals surface area contributed by atoms with Gasteiger partial charge in [0.2, 0.25) is 0 Å². The molecule has 0 aromatic carbocycles. The quantitative estimate of drug-likeness (QED) is 0.780. The zero-order valence-corrected chi connectivity index (χ0v) is 15.1. The lowest BCUT2D eigenvalue weighted by molar-refractivity contribution is -0.117. The number of pyridine rings is 1. The van der Waals surface area contributed by atoms with Crippen LogP contribution in [0, 0.1) is 12.8 Å². The zero-order valence-electron chi connectivity index (χ0n) is 14.3.